The fourth-order valence-electron chi connectivity index (χ4n) is 2.92. The number of rotatable bonds is 2. The highest BCUT2D eigenvalue weighted by atomic mass is 16.1. The molecule has 1 heterocycles. The lowest BCUT2D eigenvalue weighted by Gasteiger charge is -2.18. The molecule has 0 aliphatic heterocycles. The first kappa shape index (κ1) is 15.5. The van der Waals surface area contributed by atoms with Crippen LogP contribution in [0.1, 0.15) is 32.2 Å². The second-order valence-corrected chi connectivity index (χ2v) is 7.22. The van der Waals surface area contributed by atoms with Gasteiger partial charge in [0.15, 0.2) is 0 Å². The fourth-order valence-corrected chi connectivity index (χ4v) is 2.92. The Hall–Kier alpha value is -2.42. The molecule has 0 unspecified atom stereocenters. The Morgan fingerprint density at radius 2 is 1.65 bits per heavy atom. The molecule has 118 valence electrons. The molecule has 0 aliphatic carbocycles. The Labute approximate surface area is 136 Å². The quantitative estimate of drug-likeness (QED) is 0.708. The maximum atomic E-state index is 12.8. The van der Waals surface area contributed by atoms with Gasteiger partial charge >= 0.3 is 0 Å². The van der Waals surface area contributed by atoms with Crippen LogP contribution in [0.3, 0.4) is 0 Å². The van der Waals surface area contributed by atoms with Gasteiger partial charge in [0.2, 0.25) is 0 Å². The standard InChI is InChI=1S/C20H22N2O/c1-14-21-18-8-6-5-7-17(18)19(23)22(14)16-11-9-15(10-12-16)13-20(2,3)4/h5-12H,13H2,1-4H3. The first-order chi connectivity index (χ1) is 10.8. The van der Waals surface area contributed by atoms with Crippen LogP contribution in [0.4, 0.5) is 0 Å². The summed E-state index contributed by atoms with van der Waals surface area (Å²) in [6.45, 7) is 8.55. The van der Waals surface area contributed by atoms with E-state index in [0.717, 1.165) is 17.6 Å². The molecule has 3 rings (SSSR count). The molecule has 0 bridgehead atoms. The molecule has 0 saturated carbocycles. The summed E-state index contributed by atoms with van der Waals surface area (Å²) in [5.41, 5.74) is 3.12. The normalized spacial score (nSPS) is 11.8. The van der Waals surface area contributed by atoms with E-state index in [1.165, 1.54) is 5.56 Å². The number of para-hydroxylation sites is 1. The summed E-state index contributed by atoms with van der Waals surface area (Å²) >= 11 is 0. The second kappa shape index (κ2) is 5.65. The minimum Gasteiger partial charge on any atom is -0.268 e. The summed E-state index contributed by atoms with van der Waals surface area (Å²) in [6.07, 6.45) is 1.01. The zero-order chi connectivity index (χ0) is 16.6. The van der Waals surface area contributed by atoms with E-state index in [4.69, 9.17) is 0 Å². The zero-order valence-electron chi connectivity index (χ0n) is 14.1. The Kier molecular flexibility index (Phi) is 3.80. The van der Waals surface area contributed by atoms with E-state index in [-0.39, 0.29) is 11.0 Å². The van der Waals surface area contributed by atoms with Gasteiger partial charge in [0.1, 0.15) is 5.82 Å². The minimum absolute atomic E-state index is 0.0170. The van der Waals surface area contributed by atoms with Crippen molar-refractivity contribution in [2.45, 2.75) is 34.1 Å². The van der Waals surface area contributed by atoms with Gasteiger partial charge in [-0.25, -0.2) is 4.98 Å². The van der Waals surface area contributed by atoms with Crippen molar-refractivity contribution in [3.8, 4) is 5.69 Å². The monoisotopic (exact) mass is 306 g/mol. The maximum Gasteiger partial charge on any atom is 0.265 e. The lowest BCUT2D eigenvalue weighted by atomic mass is 9.88. The predicted octanol–water partition coefficient (Wildman–Crippen LogP) is 4.28. The van der Waals surface area contributed by atoms with E-state index >= 15 is 0 Å². The number of benzene rings is 2. The van der Waals surface area contributed by atoms with Gasteiger partial charge in [0, 0.05) is 0 Å². The maximum absolute atomic E-state index is 12.8. The molecule has 0 atom stereocenters. The number of aryl methyl sites for hydroxylation is 1. The largest absolute Gasteiger partial charge is 0.268 e. The molecule has 0 N–H and O–H groups in total. The number of hydrogen-bond acceptors (Lipinski definition) is 2. The summed E-state index contributed by atoms with van der Waals surface area (Å²) in [7, 11) is 0. The molecular formula is C20H22N2O. The zero-order valence-corrected chi connectivity index (χ0v) is 14.1. The highest BCUT2D eigenvalue weighted by molar-refractivity contribution is 5.77. The molecule has 3 nitrogen and oxygen atoms in total. The summed E-state index contributed by atoms with van der Waals surface area (Å²) < 4.78 is 1.68. The van der Waals surface area contributed by atoms with E-state index < -0.39 is 0 Å². The molecule has 0 aliphatic rings. The molecule has 3 aromatic rings. The van der Waals surface area contributed by atoms with Crippen LogP contribution in [-0.2, 0) is 6.42 Å². The first-order valence-corrected chi connectivity index (χ1v) is 7.93. The van der Waals surface area contributed by atoms with E-state index in [0.29, 0.717) is 11.2 Å². The highest BCUT2D eigenvalue weighted by Crippen LogP contribution is 2.21. The van der Waals surface area contributed by atoms with Gasteiger partial charge in [-0.1, -0.05) is 45.0 Å². The van der Waals surface area contributed by atoms with Crippen LogP contribution in [0.15, 0.2) is 53.3 Å². The van der Waals surface area contributed by atoms with Crippen molar-refractivity contribution in [3.05, 3.63) is 70.3 Å². The second-order valence-electron chi connectivity index (χ2n) is 7.22. The lowest BCUT2D eigenvalue weighted by molar-refractivity contribution is 0.411. The summed E-state index contributed by atoms with van der Waals surface area (Å²) in [5.74, 6) is 0.706. The molecule has 0 radical (unpaired) electrons. The molecule has 2 aromatic carbocycles. The molecule has 3 heteroatoms. The Bertz CT molecular complexity index is 900. The van der Waals surface area contributed by atoms with Gasteiger partial charge < -0.3 is 0 Å². The summed E-state index contributed by atoms with van der Waals surface area (Å²) in [5, 5.41) is 0.650. The third-order valence-electron chi connectivity index (χ3n) is 3.87. The molecule has 0 fully saturated rings. The van der Waals surface area contributed by atoms with Gasteiger partial charge in [0.25, 0.3) is 5.56 Å². The molecule has 0 saturated heterocycles. The summed E-state index contributed by atoms with van der Waals surface area (Å²) in [6, 6.07) is 15.7. The van der Waals surface area contributed by atoms with Crippen LogP contribution >= 0.6 is 0 Å². The van der Waals surface area contributed by atoms with Crippen LogP contribution in [0.5, 0.6) is 0 Å². The van der Waals surface area contributed by atoms with E-state index in [9.17, 15) is 4.79 Å². The van der Waals surface area contributed by atoms with Crippen molar-refractivity contribution >= 4 is 10.9 Å². The van der Waals surface area contributed by atoms with E-state index in [1.54, 1.807) is 4.57 Å². The third kappa shape index (κ3) is 3.19. The Morgan fingerprint density at radius 3 is 2.30 bits per heavy atom. The average molecular weight is 306 g/mol. The molecule has 0 spiro atoms. The highest BCUT2D eigenvalue weighted by Gasteiger charge is 2.12. The smallest absolute Gasteiger partial charge is 0.265 e. The SMILES string of the molecule is Cc1nc2ccccc2c(=O)n1-c1ccc(CC(C)(C)C)cc1. The average Bonchev–Trinajstić information content (AvgIpc) is 2.47. The topological polar surface area (TPSA) is 34.9 Å². The van der Waals surface area contributed by atoms with Gasteiger partial charge in [-0.3, -0.25) is 9.36 Å². The molecular weight excluding hydrogens is 284 g/mol. The van der Waals surface area contributed by atoms with Crippen molar-refractivity contribution in [3.63, 3.8) is 0 Å². The minimum atomic E-state index is -0.0170. The van der Waals surface area contributed by atoms with Crippen LogP contribution < -0.4 is 5.56 Å². The van der Waals surface area contributed by atoms with E-state index in [1.807, 2.05) is 43.3 Å². The van der Waals surface area contributed by atoms with Gasteiger partial charge in [-0.15, -0.1) is 0 Å². The van der Waals surface area contributed by atoms with Crippen molar-refractivity contribution in [2.75, 3.05) is 0 Å². The van der Waals surface area contributed by atoms with Crippen molar-refractivity contribution < 1.29 is 0 Å². The number of nitrogens with zero attached hydrogens (tertiary/aromatic N) is 2. The van der Waals surface area contributed by atoms with Crippen LogP contribution in [0, 0.1) is 12.3 Å². The van der Waals surface area contributed by atoms with Crippen LogP contribution in [-0.4, -0.2) is 9.55 Å². The molecule has 23 heavy (non-hydrogen) atoms. The number of aromatic nitrogens is 2. The van der Waals surface area contributed by atoms with Crippen LogP contribution in [0.2, 0.25) is 0 Å². The van der Waals surface area contributed by atoms with Crippen molar-refractivity contribution in [1.29, 1.82) is 0 Å². The Morgan fingerprint density at radius 1 is 1.00 bits per heavy atom. The van der Waals surface area contributed by atoms with Gasteiger partial charge in [-0.05, 0) is 48.6 Å². The van der Waals surface area contributed by atoms with E-state index in [2.05, 4.69) is 37.9 Å². The van der Waals surface area contributed by atoms with Gasteiger partial charge in [-0.2, -0.15) is 0 Å². The predicted molar refractivity (Wildman–Crippen MR) is 95.2 cm³/mol. The van der Waals surface area contributed by atoms with Crippen molar-refractivity contribution in [1.82, 2.24) is 9.55 Å². The lowest BCUT2D eigenvalue weighted by Crippen LogP contribution is -2.22. The molecule has 0 amide bonds. The summed E-state index contributed by atoms with van der Waals surface area (Å²) in [4.78, 5) is 17.3. The molecule has 1 aromatic heterocycles. The van der Waals surface area contributed by atoms with Gasteiger partial charge in [0.05, 0.1) is 16.6 Å². The fraction of sp³-hybridized carbons (Fsp3) is 0.300. The van der Waals surface area contributed by atoms with Crippen molar-refractivity contribution in [2.24, 2.45) is 5.41 Å². The third-order valence-corrected chi connectivity index (χ3v) is 3.87. The number of fused-ring (bicyclic) bond motifs is 1. The Balaban J connectivity index is 2.08. The first-order valence-electron chi connectivity index (χ1n) is 7.93. The number of hydrogen-bond donors (Lipinski definition) is 0. The van der Waals surface area contributed by atoms with Crippen LogP contribution in [0.25, 0.3) is 16.6 Å².